The van der Waals surface area contributed by atoms with Gasteiger partial charge in [0.2, 0.25) is 14.2 Å². The molecular formula is C10H22B2O4S2. The van der Waals surface area contributed by atoms with Crippen LogP contribution in [0.2, 0.25) is 0 Å². The molecule has 18 heavy (non-hydrogen) atoms. The molecule has 0 aliphatic carbocycles. The summed E-state index contributed by atoms with van der Waals surface area (Å²) >= 11 is 1.91. The molecule has 0 saturated carbocycles. The Morgan fingerprint density at radius 1 is 1.22 bits per heavy atom. The maximum atomic E-state index is 10.3. The number of carbonyl (C=O) groups is 1. The van der Waals surface area contributed by atoms with Gasteiger partial charge in [0.15, 0.2) is 0 Å². The Labute approximate surface area is 124 Å². The molecule has 0 unspecified atom stereocenters. The Hall–Kier alpha value is 0.380. The van der Waals surface area contributed by atoms with E-state index in [-0.39, 0.29) is 12.0 Å². The molecule has 0 aromatic heterocycles. The summed E-state index contributed by atoms with van der Waals surface area (Å²) in [5, 5.41) is 8.75. The molecular weight excluding hydrogens is 270 g/mol. The summed E-state index contributed by atoms with van der Waals surface area (Å²) in [4.78, 5) is 10.3. The van der Waals surface area contributed by atoms with E-state index in [1.54, 1.807) is 13.8 Å². The van der Waals surface area contributed by atoms with E-state index >= 15 is 0 Å². The molecule has 2 radical (unpaired) electrons. The van der Waals surface area contributed by atoms with Gasteiger partial charge in [0.25, 0.3) is 0 Å². The van der Waals surface area contributed by atoms with Crippen molar-refractivity contribution in [2.75, 3.05) is 19.8 Å². The fraction of sp³-hybridized carbons (Fsp3) is 0.900. The fourth-order valence-corrected chi connectivity index (χ4v) is 1.22. The zero-order valence-corrected chi connectivity index (χ0v) is 13.0. The molecule has 0 bridgehead atoms. The van der Waals surface area contributed by atoms with Gasteiger partial charge in [-0.2, -0.15) is 0 Å². The Morgan fingerprint density at radius 2 is 1.72 bits per heavy atom. The first-order valence-corrected chi connectivity index (χ1v) is 6.89. The highest BCUT2D eigenvalue weighted by molar-refractivity contribution is 8.16. The van der Waals surface area contributed by atoms with Crippen molar-refractivity contribution in [1.82, 2.24) is 0 Å². The average Bonchev–Trinajstić information content (AvgIpc) is 2.40. The van der Waals surface area contributed by atoms with E-state index in [9.17, 15) is 4.79 Å². The smallest absolute Gasteiger partial charge is 0.209 e. The Morgan fingerprint density at radius 3 is 2.11 bits per heavy atom. The maximum Gasteiger partial charge on any atom is 0.209 e. The topological polar surface area (TPSA) is 55.8 Å². The molecule has 0 aliphatic rings. The maximum absolute atomic E-state index is 10.3. The van der Waals surface area contributed by atoms with Crippen LogP contribution in [0.5, 0.6) is 0 Å². The molecule has 0 amide bonds. The van der Waals surface area contributed by atoms with E-state index in [1.165, 1.54) is 0 Å². The summed E-state index contributed by atoms with van der Waals surface area (Å²) in [5.74, 6) is 0. The first-order chi connectivity index (χ1) is 9.24. The van der Waals surface area contributed by atoms with Gasteiger partial charge in [-0.25, -0.2) is 0 Å². The van der Waals surface area contributed by atoms with E-state index in [4.69, 9.17) is 16.1 Å². The van der Waals surface area contributed by atoms with E-state index in [1.807, 2.05) is 13.8 Å². The lowest BCUT2D eigenvalue weighted by molar-refractivity contribution is -0.115. The van der Waals surface area contributed by atoms with Gasteiger partial charge in [-0.1, -0.05) is 51.5 Å². The predicted octanol–water partition coefficient (Wildman–Crippen LogP) is 1.18. The third kappa shape index (κ3) is 14.4. The predicted molar refractivity (Wildman–Crippen MR) is 82.1 cm³/mol. The van der Waals surface area contributed by atoms with E-state index in [0.29, 0.717) is 13.2 Å². The molecule has 1 N–H and O–H groups in total. The molecule has 0 atom stereocenters. The second-order valence-electron chi connectivity index (χ2n) is 5.15. The molecule has 0 heterocycles. The minimum Gasteiger partial charge on any atom is -0.396 e. The molecule has 0 fully saturated rings. The van der Waals surface area contributed by atoms with Crippen molar-refractivity contribution in [3.05, 3.63) is 0 Å². The normalized spacial score (nSPS) is 12.7. The van der Waals surface area contributed by atoms with Gasteiger partial charge in [0.1, 0.15) is 6.29 Å². The molecule has 104 valence electrons. The zero-order chi connectivity index (χ0) is 16.1. The summed E-state index contributed by atoms with van der Waals surface area (Å²) in [7, 11) is 2.20. The minimum atomic E-state index is -0.435. The van der Waals surface area contributed by atoms with Crippen molar-refractivity contribution >= 4 is 44.3 Å². The molecule has 0 rings (SSSR count). The third-order valence-corrected chi connectivity index (χ3v) is 2.27. The van der Waals surface area contributed by atoms with Gasteiger partial charge in [0, 0.05) is 10.8 Å². The van der Waals surface area contributed by atoms with Gasteiger partial charge < -0.3 is 18.3 Å². The van der Waals surface area contributed by atoms with E-state index in [0.717, 1.165) is 44.3 Å². The number of rotatable bonds is 10. The molecule has 8 heteroatoms. The lowest BCUT2D eigenvalue weighted by Crippen LogP contribution is -2.21. The van der Waals surface area contributed by atoms with Crippen LogP contribution in [0.3, 0.4) is 0 Å². The summed E-state index contributed by atoms with van der Waals surface area (Å²) < 4.78 is 23.0. The largest absolute Gasteiger partial charge is 0.396 e. The highest BCUT2D eigenvalue weighted by Gasteiger charge is 2.16. The Balaban J connectivity index is 0. The summed E-state index contributed by atoms with van der Waals surface area (Å²) in [5.41, 5.74) is -0.633. The van der Waals surface area contributed by atoms with Crippen molar-refractivity contribution < 1.29 is 18.3 Å². The van der Waals surface area contributed by atoms with Gasteiger partial charge >= 0.3 is 0 Å². The monoisotopic (exact) mass is 296 g/mol. The van der Waals surface area contributed by atoms with Crippen molar-refractivity contribution in [3.63, 3.8) is 0 Å². The lowest BCUT2D eigenvalue weighted by atomic mass is 9.97. The van der Waals surface area contributed by atoms with Crippen LogP contribution in [-0.4, -0.2) is 48.1 Å². The number of hydrogen-bond donors (Lipinski definition) is 1. The van der Waals surface area contributed by atoms with Gasteiger partial charge in [-0.3, -0.25) is 0 Å². The second kappa shape index (κ2) is 11.2. The summed E-state index contributed by atoms with van der Waals surface area (Å²) in [6.45, 7) is 8.27. The van der Waals surface area contributed by atoms with Crippen LogP contribution in [0.15, 0.2) is 0 Å². The van der Waals surface area contributed by atoms with E-state index in [2.05, 4.69) is 0 Å². The first-order valence-electron chi connectivity index (χ1n) is 6.44. The number of aliphatic hydroxyl groups is 1. The molecule has 0 aromatic carbocycles. The highest BCUT2D eigenvalue weighted by Crippen LogP contribution is 2.15. The van der Waals surface area contributed by atoms with Gasteiger partial charge in [-0.05, 0) is 2.67 Å². The molecule has 0 saturated heterocycles. The molecule has 0 spiro atoms. The summed E-state index contributed by atoms with van der Waals surface area (Å²) in [6, 6.07) is 0. The Kier molecular flexibility index (Phi) is 10.3. The first kappa shape index (κ1) is 16.4. The minimum absolute atomic E-state index is 0.103. The van der Waals surface area contributed by atoms with Crippen LogP contribution in [0, 0.1) is 10.8 Å². The SMILES string of the molecule is [3H][B]SOCC(C)(C)C=O.[3H][B]SOCC(C)(C)CO. The van der Waals surface area contributed by atoms with Gasteiger partial charge in [-0.15, -0.1) is 0 Å². The van der Waals surface area contributed by atoms with Crippen LogP contribution in [-0.2, 0) is 13.2 Å². The van der Waals surface area contributed by atoms with E-state index < -0.39 is 5.41 Å². The van der Waals surface area contributed by atoms with Crippen molar-refractivity contribution in [2.45, 2.75) is 27.7 Å². The fourth-order valence-electron chi connectivity index (χ4n) is 0.459. The van der Waals surface area contributed by atoms with Crippen LogP contribution >= 0.6 is 23.8 Å². The summed E-state index contributed by atoms with van der Waals surface area (Å²) in [6.07, 6.45) is 0.845. The Bertz CT molecular complexity index is 249. The molecule has 0 aromatic rings. The van der Waals surface area contributed by atoms with Crippen LogP contribution in [0.25, 0.3) is 0 Å². The number of carbonyl (C=O) groups excluding carboxylic acids is 1. The van der Waals surface area contributed by atoms with Crippen LogP contribution in [0.1, 0.15) is 27.7 Å². The zero-order valence-electron chi connectivity index (χ0n) is 13.3. The second-order valence-corrected chi connectivity index (χ2v) is 6.00. The van der Waals surface area contributed by atoms with Crippen molar-refractivity contribution in [1.29, 1.82) is 2.67 Å². The average molecular weight is 296 g/mol. The third-order valence-electron chi connectivity index (χ3n) is 1.76. The lowest BCUT2D eigenvalue weighted by Gasteiger charge is -2.19. The molecule has 0 aliphatic heterocycles. The number of aliphatic hydroxyl groups excluding tert-OH is 1. The molecule has 4 nitrogen and oxygen atoms in total. The number of hydrogen-bond acceptors (Lipinski definition) is 6. The van der Waals surface area contributed by atoms with Crippen LogP contribution < -0.4 is 0 Å². The van der Waals surface area contributed by atoms with Crippen molar-refractivity contribution in [3.8, 4) is 0 Å². The van der Waals surface area contributed by atoms with Gasteiger partial charge in [0.05, 0.1) is 19.8 Å². The van der Waals surface area contributed by atoms with Crippen molar-refractivity contribution in [2.24, 2.45) is 10.8 Å². The standard InChI is InChI=1S/C5H12BO2S.C5H10BO2S/c2*1-5(2,3-7)4-8-9-6/h6-7H,3-4H2,1-2H3;3,6H,4H2,1-2H3/i2*6T. The van der Waals surface area contributed by atoms with Crippen LogP contribution in [0.4, 0.5) is 0 Å². The highest BCUT2D eigenvalue weighted by atomic mass is 32.2. The number of aldehydes is 1. The quantitative estimate of drug-likeness (QED) is 0.283.